The number of carbonyl (C=O) groups is 2. The van der Waals surface area contributed by atoms with Gasteiger partial charge in [-0.05, 0) is 95.7 Å². The van der Waals surface area contributed by atoms with E-state index in [1.54, 1.807) is 6.07 Å². The topological polar surface area (TPSA) is 57.6 Å². The summed E-state index contributed by atoms with van der Waals surface area (Å²) in [5.41, 5.74) is 8.70. The van der Waals surface area contributed by atoms with Crippen LogP contribution in [0.3, 0.4) is 0 Å². The van der Waals surface area contributed by atoms with Gasteiger partial charge in [0.25, 0.3) is 0 Å². The Bertz CT molecular complexity index is 1240. The van der Waals surface area contributed by atoms with E-state index in [1.165, 1.54) is 22.4 Å². The molecule has 1 heterocycles. The third kappa shape index (κ3) is 4.93. The number of hydrogen-bond acceptors (Lipinski definition) is 3. The highest BCUT2D eigenvalue weighted by Gasteiger charge is 2.23. The third-order valence-corrected chi connectivity index (χ3v) is 7.48. The van der Waals surface area contributed by atoms with Crippen LogP contribution in [0.2, 0.25) is 0 Å². The molecule has 3 aromatic rings. The second-order valence-corrected chi connectivity index (χ2v) is 9.63. The lowest BCUT2D eigenvalue weighted by molar-refractivity contribution is -0.108. The van der Waals surface area contributed by atoms with Crippen LogP contribution in [-0.4, -0.2) is 30.5 Å². The van der Waals surface area contributed by atoms with Gasteiger partial charge in [0, 0.05) is 25.2 Å². The van der Waals surface area contributed by atoms with Crippen molar-refractivity contribution in [3.8, 4) is 0 Å². The van der Waals surface area contributed by atoms with Gasteiger partial charge in [0.15, 0.2) is 0 Å². The van der Waals surface area contributed by atoms with E-state index in [-0.39, 0.29) is 0 Å². The van der Waals surface area contributed by atoms with E-state index in [4.69, 9.17) is 0 Å². The van der Waals surface area contributed by atoms with Gasteiger partial charge in [0.05, 0.1) is 5.56 Å². The molecule has 0 bridgehead atoms. The molecule has 4 nitrogen and oxygen atoms in total. The first-order valence-corrected chi connectivity index (χ1v) is 12.6. The highest BCUT2D eigenvalue weighted by Crippen LogP contribution is 2.40. The molecule has 0 atom stereocenters. The first-order chi connectivity index (χ1) is 17.1. The van der Waals surface area contributed by atoms with E-state index in [2.05, 4.69) is 53.4 Å². The van der Waals surface area contributed by atoms with Gasteiger partial charge >= 0.3 is 5.97 Å². The molecule has 1 fully saturated rings. The number of carboxylic acid groups (broad SMARTS) is 1. The van der Waals surface area contributed by atoms with Crippen molar-refractivity contribution in [1.82, 2.24) is 0 Å². The lowest BCUT2D eigenvalue weighted by atomic mass is 9.87. The number of piperidine rings is 1. The summed E-state index contributed by atoms with van der Waals surface area (Å²) in [6, 6.07) is 25.0. The van der Waals surface area contributed by atoms with Crippen LogP contribution >= 0.6 is 0 Å². The zero-order valence-corrected chi connectivity index (χ0v) is 20.0. The van der Waals surface area contributed by atoms with Gasteiger partial charge in [-0.25, -0.2) is 4.79 Å². The Morgan fingerprint density at radius 3 is 2.34 bits per heavy atom. The van der Waals surface area contributed by atoms with Gasteiger partial charge in [-0.1, -0.05) is 48.5 Å². The average molecular weight is 466 g/mol. The van der Waals surface area contributed by atoms with Crippen molar-refractivity contribution in [3.05, 3.63) is 101 Å². The van der Waals surface area contributed by atoms with Crippen LogP contribution in [0.15, 0.2) is 72.8 Å². The van der Waals surface area contributed by atoms with E-state index in [9.17, 15) is 14.7 Å². The Labute approximate surface area is 206 Å². The number of carboxylic acids is 1. The highest BCUT2D eigenvalue weighted by atomic mass is 16.4. The number of aryl methyl sites for hydroxylation is 1. The molecule has 35 heavy (non-hydrogen) atoms. The number of aromatic carboxylic acids is 1. The number of anilines is 1. The van der Waals surface area contributed by atoms with Crippen LogP contribution < -0.4 is 4.90 Å². The summed E-state index contributed by atoms with van der Waals surface area (Å²) in [7, 11) is 0. The summed E-state index contributed by atoms with van der Waals surface area (Å²) in [6.45, 7) is 1.97. The molecule has 5 rings (SSSR count). The Morgan fingerprint density at radius 2 is 1.66 bits per heavy atom. The van der Waals surface area contributed by atoms with Crippen molar-refractivity contribution < 1.29 is 14.7 Å². The van der Waals surface area contributed by atoms with E-state index in [1.807, 2.05) is 18.2 Å². The van der Waals surface area contributed by atoms with Crippen molar-refractivity contribution in [2.45, 2.75) is 38.5 Å². The summed E-state index contributed by atoms with van der Waals surface area (Å²) in [5, 5.41) is 9.54. The molecule has 3 aromatic carbocycles. The third-order valence-electron chi connectivity index (χ3n) is 7.48. The van der Waals surface area contributed by atoms with Crippen molar-refractivity contribution in [1.29, 1.82) is 0 Å². The van der Waals surface area contributed by atoms with E-state index >= 15 is 0 Å². The molecule has 1 N–H and O–H groups in total. The Kier molecular flexibility index (Phi) is 6.80. The van der Waals surface area contributed by atoms with E-state index in [0.717, 1.165) is 68.2 Å². The number of allylic oxidation sites excluding steroid dienone is 1. The minimum Gasteiger partial charge on any atom is -0.478 e. The van der Waals surface area contributed by atoms with Crippen molar-refractivity contribution in [3.63, 3.8) is 0 Å². The number of benzene rings is 3. The number of fused-ring (bicyclic) bond motifs is 1. The van der Waals surface area contributed by atoms with Gasteiger partial charge in [-0.3, -0.25) is 0 Å². The number of hydrogen-bond donors (Lipinski definition) is 1. The summed E-state index contributed by atoms with van der Waals surface area (Å²) in [6.07, 6.45) is 6.64. The smallest absolute Gasteiger partial charge is 0.335 e. The Hall–Kier alpha value is -3.66. The standard InChI is InChI=1S/C31H31NO3/c33-20-17-22-15-18-32(19-16-22)27-12-9-24(10-13-27)30-28(23-5-2-1-3-6-23)8-4-7-25-21-26(31(34)35)11-14-29(25)30/h1-3,5-6,9-14,20-22H,4,7-8,15-19H2,(H,34,35). The highest BCUT2D eigenvalue weighted by molar-refractivity contribution is 6.00. The molecule has 0 saturated carbocycles. The predicted molar refractivity (Wildman–Crippen MR) is 141 cm³/mol. The zero-order chi connectivity index (χ0) is 24.2. The van der Waals surface area contributed by atoms with Crippen LogP contribution in [0.5, 0.6) is 0 Å². The van der Waals surface area contributed by atoms with Crippen molar-refractivity contribution in [2.75, 3.05) is 18.0 Å². The Balaban J connectivity index is 1.54. The van der Waals surface area contributed by atoms with Gasteiger partial charge in [0.1, 0.15) is 6.29 Å². The normalized spacial score (nSPS) is 16.5. The predicted octanol–water partition coefficient (Wildman–Crippen LogP) is 6.49. The molecule has 0 radical (unpaired) electrons. The maximum atomic E-state index is 11.6. The maximum absolute atomic E-state index is 11.6. The number of nitrogens with zero attached hydrogens (tertiary/aromatic N) is 1. The molecule has 1 aliphatic heterocycles. The number of aldehydes is 1. The fourth-order valence-corrected chi connectivity index (χ4v) is 5.58. The van der Waals surface area contributed by atoms with Gasteiger partial charge < -0.3 is 14.8 Å². The number of rotatable bonds is 6. The molecule has 0 amide bonds. The van der Waals surface area contributed by atoms with Gasteiger partial charge in [-0.2, -0.15) is 0 Å². The molecule has 178 valence electrons. The lowest BCUT2D eigenvalue weighted by Crippen LogP contribution is -2.33. The van der Waals surface area contributed by atoms with Crippen LogP contribution in [0.1, 0.15) is 64.7 Å². The summed E-state index contributed by atoms with van der Waals surface area (Å²) < 4.78 is 0. The van der Waals surface area contributed by atoms with Crippen LogP contribution in [0.25, 0.3) is 11.1 Å². The summed E-state index contributed by atoms with van der Waals surface area (Å²) >= 11 is 0. The molecule has 0 unspecified atom stereocenters. The lowest BCUT2D eigenvalue weighted by Gasteiger charge is -2.33. The second-order valence-electron chi connectivity index (χ2n) is 9.63. The monoisotopic (exact) mass is 465 g/mol. The van der Waals surface area contributed by atoms with E-state index < -0.39 is 5.97 Å². The largest absolute Gasteiger partial charge is 0.478 e. The second kappa shape index (κ2) is 10.3. The molecule has 4 heteroatoms. The first kappa shape index (κ1) is 23.1. The van der Waals surface area contributed by atoms with Crippen LogP contribution in [0.4, 0.5) is 5.69 Å². The van der Waals surface area contributed by atoms with Crippen LogP contribution in [-0.2, 0) is 11.2 Å². The molecule has 0 aromatic heterocycles. The summed E-state index contributed by atoms with van der Waals surface area (Å²) in [5.74, 6) is -0.369. The molecule has 1 saturated heterocycles. The molecule has 0 spiro atoms. The molecular formula is C31H31NO3. The zero-order valence-electron chi connectivity index (χ0n) is 20.0. The van der Waals surface area contributed by atoms with Crippen LogP contribution in [0, 0.1) is 5.92 Å². The van der Waals surface area contributed by atoms with E-state index in [0.29, 0.717) is 17.9 Å². The van der Waals surface area contributed by atoms with Gasteiger partial charge in [0.2, 0.25) is 0 Å². The SMILES string of the molecule is O=CCC1CCN(c2ccc(C3=C(c4ccccc4)CCCc4cc(C(=O)O)ccc43)cc2)CC1. The first-order valence-electron chi connectivity index (χ1n) is 12.6. The minimum absolute atomic E-state index is 0.347. The maximum Gasteiger partial charge on any atom is 0.335 e. The Morgan fingerprint density at radius 1 is 0.914 bits per heavy atom. The minimum atomic E-state index is -0.882. The summed E-state index contributed by atoms with van der Waals surface area (Å²) in [4.78, 5) is 24.9. The average Bonchev–Trinajstić information content (AvgIpc) is 3.09. The number of carbonyl (C=O) groups excluding carboxylic acids is 1. The molecular weight excluding hydrogens is 434 g/mol. The van der Waals surface area contributed by atoms with Crippen molar-refractivity contribution >= 4 is 29.1 Å². The molecule has 1 aliphatic carbocycles. The molecule has 2 aliphatic rings. The van der Waals surface area contributed by atoms with Crippen molar-refractivity contribution in [2.24, 2.45) is 5.92 Å². The fraction of sp³-hybridized carbons (Fsp3) is 0.290. The quantitative estimate of drug-likeness (QED) is 0.423. The van der Waals surface area contributed by atoms with Gasteiger partial charge in [-0.15, -0.1) is 0 Å². The fourth-order valence-electron chi connectivity index (χ4n) is 5.58.